The molecule has 1 aromatic rings. The molecular formula is C13H16O3. The minimum Gasteiger partial charge on any atom is -0.454 e. The third-order valence-corrected chi connectivity index (χ3v) is 2.22. The van der Waals surface area contributed by atoms with E-state index in [4.69, 9.17) is 4.74 Å². The highest BCUT2D eigenvalue weighted by molar-refractivity contribution is 6.00. The zero-order valence-electron chi connectivity index (χ0n) is 9.77. The molecule has 1 rings (SSSR count). The number of hydrogen-bond donors (Lipinski definition) is 0. The van der Waals surface area contributed by atoms with E-state index in [0.717, 1.165) is 0 Å². The summed E-state index contributed by atoms with van der Waals surface area (Å²) in [5, 5.41) is 0. The van der Waals surface area contributed by atoms with Gasteiger partial charge in [0.25, 0.3) is 0 Å². The van der Waals surface area contributed by atoms with Crippen LogP contribution in [0.25, 0.3) is 0 Å². The monoisotopic (exact) mass is 220 g/mol. The first kappa shape index (κ1) is 12.4. The van der Waals surface area contributed by atoms with Crippen LogP contribution in [-0.4, -0.2) is 17.9 Å². The maximum atomic E-state index is 12.0. The Hall–Kier alpha value is -1.64. The van der Waals surface area contributed by atoms with Gasteiger partial charge >= 0.3 is 5.97 Å². The van der Waals surface area contributed by atoms with Crippen molar-refractivity contribution in [3.05, 3.63) is 35.9 Å². The Morgan fingerprint density at radius 3 is 2.12 bits per heavy atom. The number of ketones is 1. The average Bonchev–Trinajstić information content (AvgIpc) is 2.25. The second-order valence-electron chi connectivity index (χ2n) is 4.00. The zero-order valence-corrected chi connectivity index (χ0v) is 9.77. The van der Waals surface area contributed by atoms with Gasteiger partial charge in [-0.3, -0.25) is 9.59 Å². The van der Waals surface area contributed by atoms with Gasteiger partial charge in [-0.1, -0.05) is 44.2 Å². The van der Waals surface area contributed by atoms with Gasteiger partial charge in [-0.25, -0.2) is 0 Å². The van der Waals surface area contributed by atoms with E-state index in [9.17, 15) is 9.59 Å². The molecule has 0 aliphatic carbocycles. The Kier molecular flexibility index (Phi) is 4.23. The first-order chi connectivity index (χ1) is 7.52. The Morgan fingerprint density at radius 1 is 1.12 bits per heavy atom. The molecule has 3 nitrogen and oxygen atoms in total. The van der Waals surface area contributed by atoms with Gasteiger partial charge in [0.05, 0.1) is 0 Å². The van der Waals surface area contributed by atoms with E-state index in [2.05, 4.69) is 0 Å². The second kappa shape index (κ2) is 5.45. The molecule has 0 aliphatic heterocycles. The lowest BCUT2D eigenvalue weighted by molar-refractivity contribution is -0.146. The van der Waals surface area contributed by atoms with Crippen molar-refractivity contribution in [2.24, 2.45) is 5.92 Å². The molecule has 86 valence electrons. The van der Waals surface area contributed by atoms with Gasteiger partial charge in [0, 0.05) is 12.5 Å². The van der Waals surface area contributed by atoms with Crippen LogP contribution in [0.5, 0.6) is 0 Å². The molecule has 0 amide bonds. The molecule has 0 saturated carbocycles. The fourth-order valence-electron chi connectivity index (χ4n) is 1.44. The minimum absolute atomic E-state index is 0.0309. The second-order valence-corrected chi connectivity index (χ2v) is 4.00. The minimum atomic E-state index is -0.695. The first-order valence-electron chi connectivity index (χ1n) is 5.29. The van der Waals surface area contributed by atoms with Crippen molar-refractivity contribution in [3.8, 4) is 0 Å². The van der Waals surface area contributed by atoms with Crippen LogP contribution in [0.15, 0.2) is 30.3 Å². The van der Waals surface area contributed by atoms with E-state index in [1.807, 2.05) is 19.9 Å². The van der Waals surface area contributed by atoms with E-state index in [0.29, 0.717) is 5.56 Å². The number of rotatable bonds is 4. The number of carbonyl (C=O) groups is 2. The van der Waals surface area contributed by atoms with E-state index >= 15 is 0 Å². The fourth-order valence-corrected chi connectivity index (χ4v) is 1.44. The van der Waals surface area contributed by atoms with Crippen LogP contribution in [0.4, 0.5) is 0 Å². The maximum Gasteiger partial charge on any atom is 0.303 e. The summed E-state index contributed by atoms with van der Waals surface area (Å²) in [4.78, 5) is 23.0. The van der Waals surface area contributed by atoms with E-state index in [1.54, 1.807) is 24.3 Å². The topological polar surface area (TPSA) is 43.4 Å². The molecule has 0 heterocycles. The summed E-state index contributed by atoms with van der Waals surface area (Å²) in [6, 6.07) is 8.87. The van der Waals surface area contributed by atoms with Gasteiger partial charge in [0.1, 0.15) is 0 Å². The standard InChI is InChI=1S/C13H16O3/c1-9(2)13(16-10(3)14)12(15)11-7-5-4-6-8-11/h4-9,13H,1-3H3. The van der Waals surface area contributed by atoms with Gasteiger partial charge < -0.3 is 4.74 Å². The van der Waals surface area contributed by atoms with Crippen LogP contribution in [0.3, 0.4) is 0 Å². The van der Waals surface area contributed by atoms with Gasteiger partial charge in [-0.15, -0.1) is 0 Å². The normalized spacial score (nSPS) is 12.2. The molecule has 0 aromatic heterocycles. The van der Waals surface area contributed by atoms with Crippen LogP contribution in [-0.2, 0) is 9.53 Å². The molecule has 0 N–H and O–H groups in total. The average molecular weight is 220 g/mol. The molecule has 3 heteroatoms. The highest BCUT2D eigenvalue weighted by Gasteiger charge is 2.25. The quantitative estimate of drug-likeness (QED) is 0.578. The lowest BCUT2D eigenvalue weighted by Crippen LogP contribution is -2.31. The predicted octanol–water partition coefficient (Wildman–Crippen LogP) is 2.46. The largest absolute Gasteiger partial charge is 0.454 e. The van der Waals surface area contributed by atoms with Crippen LogP contribution in [0.2, 0.25) is 0 Å². The van der Waals surface area contributed by atoms with Gasteiger partial charge in [-0.05, 0) is 5.92 Å². The first-order valence-corrected chi connectivity index (χ1v) is 5.29. The van der Waals surface area contributed by atoms with E-state index in [1.165, 1.54) is 6.92 Å². The van der Waals surface area contributed by atoms with Crippen LogP contribution in [0.1, 0.15) is 31.1 Å². The third-order valence-electron chi connectivity index (χ3n) is 2.22. The molecule has 0 aliphatic rings. The zero-order chi connectivity index (χ0) is 12.1. The summed E-state index contributed by atoms with van der Waals surface area (Å²) in [6.45, 7) is 5.02. The highest BCUT2D eigenvalue weighted by Crippen LogP contribution is 2.14. The van der Waals surface area contributed by atoms with Crippen LogP contribution < -0.4 is 0 Å². The number of carbonyl (C=O) groups excluding carboxylic acids is 2. The molecule has 0 spiro atoms. The van der Waals surface area contributed by atoms with Crippen molar-refractivity contribution in [2.45, 2.75) is 26.9 Å². The van der Waals surface area contributed by atoms with E-state index in [-0.39, 0.29) is 11.7 Å². The lowest BCUT2D eigenvalue weighted by Gasteiger charge is -2.19. The molecule has 1 aromatic carbocycles. The van der Waals surface area contributed by atoms with Crippen molar-refractivity contribution in [2.75, 3.05) is 0 Å². The van der Waals surface area contributed by atoms with Crippen molar-refractivity contribution in [1.82, 2.24) is 0 Å². The Morgan fingerprint density at radius 2 is 1.69 bits per heavy atom. The predicted molar refractivity (Wildman–Crippen MR) is 61.2 cm³/mol. The lowest BCUT2D eigenvalue weighted by atomic mass is 9.97. The summed E-state index contributed by atoms with van der Waals surface area (Å²) in [7, 11) is 0. The molecule has 1 unspecified atom stereocenters. The van der Waals surface area contributed by atoms with Crippen molar-refractivity contribution >= 4 is 11.8 Å². The number of benzene rings is 1. The van der Waals surface area contributed by atoms with Crippen molar-refractivity contribution < 1.29 is 14.3 Å². The fraction of sp³-hybridized carbons (Fsp3) is 0.385. The Bertz CT molecular complexity index is 368. The molecular weight excluding hydrogens is 204 g/mol. The number of ether oxygens (including phenoxy) is 1. The summed E-state index contributed by atoms with van der Waals surface area (Å²) in [6.07, 6.45) is -0.695. The SMILES string of the molecule is CC(=O)OC(C(=O)c1ccccc1)C(C)C. The van der Waals surface area contributed by atoms with Gasteiger partial charge in [0.2, 0.25) is 5.78 Å². The number of Topliss-reactive ketones (excluding diaryl/α,β-unsaturated/α-hetero) is 1. The molecule has 16 heavy (non-hydrogen) atoms. The highest BCUT2D eigenvalue weighted by atomic mass is 16.5. The summed E-state index contributed by atoms with van der Waals surface area (Å²) < 4.78 is 5.04. The summed E-state index contributed by atoms with van der Waals surface area (Å²) in [5.74, 6) is -0.606. The van der Waals surface area contributed by atoms with Crippen molar-refractivity contribution in [3.63, 3.8) is 0 Å². The molecule has 1 atom stereocenters. The number of hydrogen-bond acceptors (Lipinski definition) is 3. The molecule has 0 bridgehead atoms. The molecule has 0 saturated heterocycles. The number of esters is 1. The Balaban J connectivity index is 2.88. The summed E-state index contributed by atoms with van der Waals surface area (Å²) >= 11 is 0. The summed E-state index contributed by atoms with van der Waals surface area (Å²) in [5.41, 5.74) is 0.572. The van der Waals surface area contributed by atoms with Gasteiger partial charge in [0.15, 0.2) is 6.10 Å². The van der Waals surface area contributed by atoms with Crippen LogP contribution >= 0.6 is 0 Å². The molecule has 0 fully saturated rings. The van der Waals surface area contributed by atoms with Crippen LogP contribution in [0, 0.1) is 5.92 Å². The Labute approximate surface area is 95.4 Å². The van der Waals surface area contributed by atoms with Gasteiger partial charge in [-0.2, -0.15) is 0 Å². The van der Waals surface area contributed by atoms with Crippen molar-refractivity contribution in [1.29, 1.82) is 0 Å². The maximum absolute atomic E-state index is 12.0. The molecule has 0 radical (unpaired) electrons. The third kappa shape index (κ3) is 3.19. The van der Waals surface area contributed by atoms with E-state index < -0.39 is 12.1 Å². The smallest absolute Gasteiger partial charge is 0.303 e.